The van der Waals surface area contributed by atoms with Gasteiger partial charge in [-0.05, 0) is 38.6 Å². The van der Waals surface area contributed by atoms with Crippen molar-refractivity contribution in [3.05, 3.63) is 0 Å². The first-order valence-corrected chi connectivity index (χ1v) is 6.72. The second kappa shape index (κ2) is 8.97. The molecule has 1 unspecified atom stereocenters. The van der Waals surface area contributed by atoms with Gasteiger partial charge in [0.2, 0.25) is 0 Å². The Bertz CT molecular complexity index is 156. The van der Waals surface area contributed by atoms with Crippen molar-refractivity contribution in [2.24, 2.45) is 0 Å². The molecular formula is C13H27NO2. The first kappa shape index (κ1) is 13.9. The molecule has 1 heterocycles. The fourth-order valence-corrected chi connectivity index (χ4v) is 1.95. The smallest absolute Gasteiger partial charge is 0.0576 e. The molecule has 0 aromatic carbocycles. The highest BCUT2D eigenvalue weighted by Gasteiger charge is 2.14. The lowest BCUT2D eigenvalue weighted by Crippen LogP contribution is -2.24. The number of nitrogens with one attached hydrogen (secondary N) is 1. The van der Waals surface area contributed by atoms with Crippen molar-refractivity contribution in [2.75, 3.05) is 26.4 Å². The van der Waals surface area contributed by atoms with Gasteiger partial charge in [0.1, 0.15) is 0 Å². The third-order valence-corrected chi connectivity index (χ3v) is 2.86. The maximum atomic E-state index is 5.58. The molecule has 0 aliphatic carbocycles. The summed E-state index contributed by atoms with van der Waals surface area (Å²) in [6.45, 7) is 8.13. The topological polar surface area (TPSA) is 30.5 Å². The van der Waals surface area contributed by atoms with Gasteiger partial charge in [-0.1, -0.05) is 13.8 Å². The fourth-order valence-electron chi connectivity index (χ4n) is 1.95. The summed E-state index contributed by atoms with van der Waals surface area (Å²) < 4.78 is 11.1. The first-order chi connectivity index (χ1) is 7.79. The van der Waals surface area contributed by atoms with Crippen LogP contribution in [0.1, 0.15) is 46.0 Å². The maximum Gasteiger partial charge on any atom is 0.0576 e. The van der Waals surface area contributed by atoms with E-state index in [0.29, 0.717) is 12.1 Å². The van der Waals surface area contributed by atoms with Crippen LogP contribution in [-0.2, 0) is 9.47 Å². The van der Waals surface area contributed by atoms with E-state index < -0.39 is 0 Å². The van der Waals surface area contributed by atoms with E-state index in [0.717, 1.165) is 39.2 Å². The second-order valence-electron chi connectivity index (χ2n) is 4.85. The zero-order valence-corrected chi connectivity index (χ0v) is 10.8. The largest absolute Gasteiger partial charge is 0.381 e. The summed E-state index contributed by atoms with van der Waals surface area (Å²) in [6, 6.07) is 0.583. The molecule has 1 N–H and O–H groups in total. The maximum absolute atomic E-state index is 5.58. The van der Waals surface area contributed by atoms with Crippen molar-refractivity contribution in [1.29, 1.82) is 0 Å². The normalized spacial score (nSPS) is 20.8. The summed E-state index contributed by atoms with van der Waals surface area (Å²) >= 11 is 0. The zero-order valence-electron chi connectivity index (χ0n) is 10.8. The molecule has 1 saturated heterocycles. The highest BCUT2D eigenvalue weighted by molar-refractivity contribution is 4.64. The third-order valence-electron chi connectivity index (χ3n) is 2.86. The summed E-state index contributed by atoms with van der Waals surface area (Å²) in [7, 11) is 0. The minimum atomic E-state index is 0.520. The Labute approximate surface area is 99.9 Å². The highest BCUT2D eigenvalue weighted by atomic mass is 16.5. The molecule has 0 amide bonds. The minimum Gasteiger partial charge on any atom is -0.381 e. The molecule has 0 radical (unpaired) electrons. The molecule has 0 aromatic rings. The van der Waals surface area contributed by atoms with Gasteiger partial charge in [0.15, 0.2) is 0 Å². The Morgan fingerprint density at radius 2 is 2.12 bits per heavy atom. The molecule has 3 heteroatoms. The van der Waals surface area contributed by atoms with E-state index >= 15 is 0 Å². The second-order valence-corrected chi connectivity index (χ2v) is 4.85. The van der Waals surface area contributed by atoms with E-state index in [4.69, 9.17) is 9.47 Å². The predicted molar refractivity (Wildman–Crippen MR) is 66.8 cm³/mol. The standard InChI is InChI=1S/C13H27NO2/c1-12(2)14-8-5-10-15-9-3-6-13-7-4-11-16-13/h12-14H,3-11H2,1-2H3. The zero-order chi connectivity index (χ0) is 11.6. The van der Waals surface area contributed by atoms with Gasteiger partial charge in [0.25, 0.3) is 0 Å². The lowest BCUT2D eigenvalue weighted by Gasteiger charge is -2.10. The summed E-state index contributed by atoms with van der Waals surface area (Å²) in [5, 5.41) is 3.38. The quantitative estimate of drug-likeness (QED) is 0.616. The Morgan fingerprint density at radius 1 is 1.31 bits per heavy atom. The molecule has 16 heavy (non-hydrogen) atoms. The van der Waals surface area contributed by atoms with Crippen molar-refractivity contribution in [1.82, 2.24) is 5.32 Å². The van der Waals surface area contributed by atoms with Crippen LogP contribution in [0.25, 0.3) is 0 Å². The lowest BCUT2D eigenvalue weighted by atomic mass is 10.1. The fraction of sp³-hybridized carbons (Fsp3) is 1.00. The molecule has 0 bridgehead atoms. The molecule has 1 aliphatic rings. The summed E-state index contributed by atoms with van der Waals surface area (Å²) in [6.07, 6.45) is 6.43. The van der Waals surface area contributed by atoms with E-state index in [1.165, 1.54) is 19.3 Å². The van der Waals surface area contributed by atoms with Gasteiger partial charge in [-0.2, -0.15) is 0 Å². The van der Waals surface area contributed by atoms with Crippen LogP contribution in [-0.4, -0.2) is 38.5 Å². The first-order valence-electron chi connectivity index (χ1n) is 6.72. The molecule has 1 rings (SSSR count). The lowest BCUT2D eigenvalue weighted by molar-refractivity contribution is 0.0812. The van der Waals surface area contributed by atoms with Crippen LogP contribution in [0.5, 0.6) is 0 Å². The van der Waals surface area contributed by atoms with Crippen LogP contribution in [0.4, 0.5) is 0 Å². The van der Waals surface area contributed by atoms with Gasteiger partial charge >= 0.3 is 0 Å². The number of hydrogen-bond acceptors (Lipinski definition) is 3. The van der Waals surface area contributed by atoms with Crippen molar-refractivity contribution >= 4 is 0 Å². The SMILES string of the molecule is CC(C)NCCCOCCCC1CCCO1. The average Bonchev–Trinajstić information content (AvgIpc) is 2.74. The van der Waals surface area contributed by atoms with Gasteiger partial charge in [0.05, 0.1) is 6.10 Å². The summed E-state index contributed by atoms with van der Waals surface area (Å²) in [5.74, 6) is 0. The van der Waals surface area contributed by atoms with Crippen molar-refractivity contribution in [2.45, 2.75) is 58.1 Å². The number of ether oxygens (including phenoxy) is 2. The van der Waals surface area contributed by atoms with Crippen LogP contribution >= 0.6 is 0 Å². The molecular weight excluding hydrogens is 202 g/mol. The van der Waals surface area contributed by atoms with Crippen LogP contribution in [0.2, 0.25) is 0 Å². The number of hydrogen-bond donors (Lipinski definition) is 1. The Balaban J connectivity index is 1.74. The molecule has 0 saturated carbocycles. The van der Waals surface area contributed by atoms with E-state index in [2.05, 4.69) is 19.2 Å². The third kappa shape index (κ3) is 7.20. The minimum absolute atomic E-state index is 0.520. The summed E-state index contributed by atoms with van der Waals surface area (Å²) in [4.78, 5) is 0. The molecule has 3 nitrogen and oxygen atoms in total. The summed E-state index contributed by atoms with van der Waals surface area (Å²) in [5.41, 5.74) is 0. The highest BCUT2D eigenvalue weighted by Crippen LogP contribution is 2.16. The van der Waals surface area contributed by atoms with Crippen LogP contribution in [0, 0.1) is 0 Å². The van der Waals surface area contributed by atoms with E-state index in [-0.39, 0.29) is 0 Å². The monoisotopic (exact) mass is 229 g/mol. The van der Waals surface area contributed by atoms with Crippen LogP contribution in [0.3, 0.4) is 0 Å². The molecule has 1 fully saturated rings. The Hall–Kier alpha value is -0.120. The van der Waals surface area contributed by atoms with Crippen molar-refractivity contribution in [3.8, 4) is 0 Å². The van der Waals surface area contributed by atoms with Crippen molar-refractivity contribution in [3.63, 3.8) is 0 Å². The van der Waals surface area contributed by atoms with Crippen molar-refractivity contribution < 1.29 is 9.47 Å². The van der Waals surface area contributed by atoms with Gasteiger partial charge < -0.3 is 14.8 Å². The molecule has 0 spiro atoms. The molecule has 1 aliphatic heterocycles. The molecule has 1 atom stereocenters. The van der Waals surface area contributed by atoms with Gasteiger partial charge in [-0.25, -0.2) is 0 Å². The van der Waals surface area contributed by atoms with E-state index in [9.17, 15) is 0 Å². The molecule has 96 valence electrons. The van der Waals surface area contributed by atoms with Crippen LogP contribution in [0.15, 0.2) is 0 Å². The van der Waals surface area contributed by atoms with Gasteiger partial charge in [-0.15, -0.1) is 0 Å². The van der Waals surface area contributed by atoms with Crippen LogP contribution < -0.4 is 5.32 Å². The average molecular weight is 229 g/mol. The van der Waals surface area contributed by atoms with E-state index in [1.54, 1.807) is 0 Å². The predicted octanol–water partition coefficient (Wildman–Crippen LogP) is 2.35. The Kier molecular flexibility index (Phi) is 7.81. The molecule has 0 aromatic heterocycles. The van der Waals surface area contributed by atoms with Gasteiger partial charge in [-0.3, -0.25) is 0 Å². The number of rotatable bonds is 9. The van der Waals surface area contributed by atoms with E-state index in [1.807, 2.05) is 0 Å². The Morgan fingerprint density at radius 3 is 2.81 bits per heavy atom. The van der Waals surface area contributed by atoms with Gasteiger partial charge in [0, 0.05) is 25.9 Å².